The third kappa shape index (κ3) is 4.72. The largest absolute Gasteiger partial charge is 0.325 e. The summed E-state index contributed by atoms with van der Waals surface area (Å²) in [5.74, 6) is 0.587. The lowest BCUT2D eigenvalue weighted by molar-refractivity contribution is 0.201. The van der Waals surface area contributed by atoms with Crippen molar-refractivity contribution in [3.63, 3.8) is 0 Å². The van der Waals surface area contributed by atoms with E-state index in [0.29, 0.717) is 18.2 Å². The van der Waals surface area contributed by atoms with Crippen LogP contribution in [0.2, 0.25) is 0 Å². The number of urea groups is 1. The molecule has 28 heavy (non-hydrogen) atoms. The van der Waals surface area contributed by atoms with Gasteiger partial charge in [0.1, 0.15) is 0 Å². The molecule has 2 amide bonds. The summed E-state index contributed by atoms with van der Waals surface area (Å²) in [5.41, 5.74) is 1.50. The third-order valence-corrected chi connectivity index (χ3v) is 7.11. The molecule has 0 aliphatic heterocycles. The molecule has 0 aromatic heterocycles. The summed E-state index contributed by atoms with van der Waals surface area (Å²) in [6.45, 7) is 2.35. The van der Waals surface area contributed by atoms with E-state index in [1.807, 2.05) is 30.3 Å². The average molecular weight is 402 g/mol. The highest BCUT2D eigenvalue weighted by Crippen LogP contribution is 2.34. The molecule has 6 nitrogen and oxygen atoms in total. The van der Waals surface area contributed by atoms with E-state index in [1.54, 1.807) is 31.1 Å². The second-order valence-corrected chi connectivity index (χ2v) is 9.44. The number of anilines is 1. The lowest BCUT2D eigenvalue weighted by Crippen LogP contribution is -2.39. The summed E-state index contributed by atoms with van der Waals surface area (Å²) in [6, 6.07) is 15.8. The molecule has 0 spiro atoms. The monoisotopic (exact) mass is 401 g/mol. The van der Waals surface area contributed by atoms with Crippen molar-refractivity contribution in [2.75, 3.05) is 19.4 Å². The van der Waals surface area contributed by atoms with E-state index < -0.39 is 10.0 Å². The number of carbonyl (C=O) groups excluding carboxylic acids is 1. The number of amides is 2. The molecule has 0 saturated heterocycles. The smallest absolute Gasteiger partial charge is 0.321 e. The molecule has 1 N–H and O–H groups in total. The Morgan fingerprint density at radius 2 is 1.68 bits per heavy atom. The van der Waals surface area contributed by atoms with E-state index in [-0.39, 0.29) is 17.0 Å². The minimum Gasteiger partial charge on any atom is -0.325 e. The fourth-order valence-electron chi connectivity index (χ4n) is 3.11. The van der Waals surface area contributed by atoms with Crippen LogP contribution in [0.25, 0.3) is 0 Å². The van der Waals surface area contributed by atoms with Crippen LogP contribution in [0, 0.1) is 5.92 Å². The van der Waals surface area contributed by atoms with E-state index in [4.69, 9.17) is 0 Å². The Balaban J connectivity index is 1.64. The van der Waals surface area contributed by atoms with Gasteiger partial charge in [0.05, 0.1) is 4.90 Å². The first kappa shape index (κ1) is 20.4. The molecule has 1 fully saturated rings. The van der Waals surface area contributed by atoms with Crippen molar-refractivity contribution in [2.45, 2.75) is 37.2 Å². The van der Waals surface area contributed by atoms with Gasteiger partial charge in [-0.3, -0.25) is 0 Å². The van der Waals surface area contributed by atoms with Gasteiger partial charge in [-0.1, -0.05) is 30.3 Å². The SMILES string of the molecule is CC(C1CC1)N(C)C(=O)Nc1ccc(S(=O)(=O)N(C)Cc2ccccc2)cc1. The fraction of sp³-hybridized carbons (Fsp3) is 0.381. The van der Waals surface area contributed by atoms with Crippen molar-refractivity contribution < 1.29 is 13.2 Å². The number of benzene rings is 2. The molecule has 3 rings (SSSR count). The molecular weight excluding hydrogens is 374 g/mol. The number of sulfonamides is 1. The zero-order valence-corrected chi connectivity index (χ0v) is 17.3. The van der Waals surface area contributed by atoms with Crippen molar-refractivity contribution in [3.8, 4) is 0 Å². The van der Waals surface area contributed by atoms with Gasteiger partial charge >= 0.3 is 6.03 Å². The van der Waals surface area contributed by atoms with Crippen LogP contribution in [0.15, 0.2) is 59.5 Å². The molecule has 1 atom stereocenters. The maximum absolute atomic E-state index is 12.8. The maximum atomic E-state index is 12.8. The minimum atomic E-state index is -3.60. The van der Waals surface area contributed by atoms with Gasteiger partial charge in [-0.05, 0) is 55.5 Å². The van der Waals surface area contributed by atoms with Gasteiger partial charge in [0, 0.05) is 32.4 Å². The molecule has 7 heteroatoms. The predicted octanol–water partition coefficient (Wildman–Crippen LogP) is 3.77. The van der Waals surface area contributed by atoms with Crippen molar-refractivity contribution in [2.24, 2.45) is 5.92 Å². The number of hydrogen-bond donors (Lipinski definition) is 1. The van der Waals surface area contributed by atoms with Crippen molar-refractivity contribution in [1.82, 2.24) is 9.21 Å². The van der Waals surface area contributed by atoms with Gasteiger partial charge in [-0.15, -0.1) is 0 Å². The zero-order valence-electron chi connectivity index (χ0n) is 16.5. The standard InChI is InChI=1S/C21H27N3O3S/c1-16(18-9-10-18)24(3)21(25)22-19-11-13-20(14-12-19)28(26,27)23(2)15-17-7-5-4-6-8-17/h4-8,11-14,16,18H,9-10,15H2,1-3H3,(H,22,25). The second kappa shape index (κ2) is 8.32. The molecule has 2 aromatic rings. The first-order valence-electron chi connectivity index (χ1n) is 9.43. The summed E-state index contributed by atoms with van der Waals surface area (Å²) in [4.78, 5) is 14.3. The summed E-state index contributed by atoms with van der Waals surface area (Å²) < 4.78 is 26.9. The van der Waals surface area contributed by atoms with Crippen LogP contribution >= 0.6 is 0 Å². The zero-order chi connectivity index (χ0) is 20.3. The number of nitrogens with zero attached hydrogens (tertiary/aromatic N) is 2. The van der Waals surface area contributed by atoms with Gasteiger partial charge in [-0.25, -0.2) is 13.2 Å². The van der Waals surface area contributed by atoms with Gasteiger partial charge in [-0.2, -0.15) is 4.31 Å². The minimum absolute atomic E-state index is 0.184. The Morgan fingerprint density at radius 1 is 1.07 bits per heavy atom. The van der Waals surface area contributed by atoms with Gasteiger partial charge in [0.2, 0.25) is 10.0 Å². The van der Waals surface area contributed by atoms with E-state index in [1.165, 1.54) is 29.3 Å². The van der Waals surface area contributed by atoms with Crippen LogP contribution in [0.3, 0.4) is 0 Å². The van der Waals surface area contributed by atoms with Gasteiger partial charge in [0.25, 0.3) is 0 Å². The quantitative estimate of drug-likeness (QED) is 0.768. The Morgan fingerprint density at radius 3 is 2.25 bits per heavy atom. The highest BCUT2D eigenvalue weighted by atomic mass is 32.2. The highest BCUT2D eigenvalue weighted by Gasteiger charge is 2.32. The Bertz CT molecular complexity index is 910. The van der Waals surface area contributed by atoms with E-state index in [2.05, 4.69) is 12.2 Å². The topological polar surface area (TPSA) is 69.7 Å². The number of hydrogen-bond acceptors (Lipinski definition) is 3. The molecule has 1 unspecified atom stereocenters. The van der Waals surface area contributed by atoms with Crippen molar-refractivity contribution >= 4 is 21.7 Å². The van der Waals surface area contributed by atoms with Crippen molar-refractivity contribution in [1.29, 1.82) is 0 Å². The highest BCUT2D eigenvalue weighted by molar-refractivity contribution is 7.89. The van der Waals surface area contributed by atoms with E-state index >= 15 is 0 Å². The second-order valence-electron chi connectivity index (χ2n) is 7.39. The molecule has 1 saturated carbocycles. The Kier molecular flexibility index (Phi) is 6.05. The van der Waals surface area contributed by atoms with Crippen LogP contribution in [-0.4, -0.2) is 43.8 Å². The summed E-state index contributed by atoms with van der Waals surface area (Å²) in [5, 5.41) is 2.83. The number of rotatable bonds is 7. The fourth-order valence-corrected chi connectivity index (χ4v) is 4.27. The predicted molar refractivity (Wildman–Crippen MR) is 111 cm³/mol. The van der Waals surface area contributed by atoms with Crippen LogP contribution < -0.4 is 5.32 Å². The summed E-state index contributed by atoms with van der Waals surface area (Å²) in [7, 11) is -0.256. The maximum Gasteiger partial charge on any atom is 0.321 e. The van der Waals surface area contributed by atoms with Crippen LogP contribution in [0.1, 0.15) is 25.3 Å². The van der Waals surface area contributed by atoms with Crippen LogP contribution in [0.5, 0.6) is 0 Å². The van der Waals surface area contributed by atoms with Gasteiger partial charge < -0.3 is 10.2 Å². The van der Waals surface area contributed by atoms with E-state index in [9.17, 15) is 13.2 Å². The molecule has 1 aliphatic carbocycles. The summed E-state index contributed by atoms with van der Waals surface area (Å²) >= 11 is 0. The Labute approximate surface area is 167 Å². The van der Waals surface area contributed by atoms with E-state index in [0.717, 1.165) is 5.56 Å². The molecule has 150 valence electrons. The molecule has 2 aromatic carbocycles. The third-order valence-electron chi connectivity index (χ3n) is 5.30. The average Bonchev–Trinajstić information content (AvgIpc) is 3.53. The number of nitrogens with one attached hydrogen (secondary N) is 1. The van der Waals surface area contributed by atoms with Crippen LogP contribution in [0.4, 0.5) is 10.5 Å². The lowest BCUT2D eigenvalue weighted by Gasteiger charge is -2.25. The first-order valence-corrected chi connectivity index (χ1v) is 10.9. The molecule has 1 aliphatic rings. The molecule has 0 radical (unpaired) electrons. The van der Waals surface area contributed by atoms with Crippen molar-refractivity contribution in [3.05, 3.63) is 60.2 Å². The van der Waals surface area contributed by atoms with Crippen LogP contribution in [-0.2, 0) is 16.6 Å². The molecule has 0 bridgehead atoms. The first-order chi connectivity index (χ1) is 13.3. The Hall–Kier alpha value is -2.38. The lowest BCUT2D eigenvalue weighted by atomic mass is 10.2. The normalized spacial score (nSPS) is 15.3. The molecule has 0 heterocycles. The number of carbonyl (C=O) groups is 1. The molecular formula is C21H27N3O3S. The van der Waals surface area contributed by atoms with Gasteiger partial charge in [0.15, 0.2) is 0 Å². The summed E-state index contributed by atoms with van der Waals surface area (Å²) in [6.07, 6.45) is 2.34.